The Labute approximate surface area is 101 Å². The number of hydrogen-bond donors (Lipinski definition) is 1. The molecule has 15 heavy (non-hydrogen) atoms. The molecule has 1 aromatic heterocycles. The maximum absolute atomic E-state index is 6.08. The van der Waals surface area contributed by atoms with Crippen LogP contribution in [0.5, 0.6) is 0 Å². The Balaban J connectivity index is 2.61. The van der Waals surface area contributed by atoms with Crippen molar-refractivity contribution in [3.63, 3.8) is 0 Å². The predicted octanol–water partition coefficient (Wildman–Crippen LogP) is 3.48. The Hall–Kier alpha value is -0.0900. The molecule has 0 saturated carbocycles. The molecule has 0 bridgehead atoms. The second-order valence-electron chi connectivity index (χ2n) is 4.40. The Morgan fingerprint density at radius 1 is 1.53 bits per heavy atom. The number of nitrogens with one attached hydrogen (secondary N) is 1. The lowest BCUT2D eigenvalue weighted by Gasteiger charge is -2.24. The van der Waals surface area contributed by atoms with Gasteiger partial charge in [0, 0.05) is 4.88 Å². The quantitative estimate of drug-likeness (QED) is 0.880. The molecule has 0 fully saturated rings. The zero-order valence-corrected chi connectivity index (χ0v) is 11.2. The summed E-state index contributed by atoms with van der Waals surface area (Å²) >= 11 is 7.74. The van der Waals surface area contributed by atoms with Crippen molar-refractivity contribution in [2.75, 3.05) is 13.7 Å². The highest BCUT2D eigenvalue weighted by molar-refractivity contribution is 7.10. The molecule has 0 aliphatic rings. The normalized spacial score (nSPS) is 14.2. The third kappa shape index (κ3) is 4.11. The van der Waals surface area contributed by atoms with Gasteiger partial charge in [0.15, 0.2) is 0 Å². The summed E-state index contributed by atoms with van der Waals surface area (Å²) in [4.78, 5) is 1.14. The average Bonchev–Trinajstić information content (AvgIpc) is 2.52. The molecule has 4 heteroatoms. The minimum atomic E-state index is -0.112. The molecule has 0 saturated heterocycles. The average molecular weight is 248 g/mol. The number of likely N-dealkylation sites (N-methyl/N-ethyl adjacent to an activating group) is 1. The summed E-state index contributed by atoms with van der Waals surface area (Å²) in [6.07, 6.45) is 0. The van der Waals surface area contributed by atoms with Crippen LogP contribution in [0.2, 0.25) is 5.02 Å². The van der Waals surface area contributed by atoms with Crippen LogP contribution in [-0.2, 0) is 4.74 Å². The van der Waals surface area contributed by atoms with Crippen LogP contribution < -0.4 is 5.32 Å². The molecule has 0 spiro atoms. The summed E-state index contributed by atoms with van der Waals surface area (Å²) in [6.45, 7) is 6.79. The van der Waals surface area contributed by atoms with E-state index in [4.69, 9.17) is 16.3 Å². The van der Waals surface area contributed by atoms with Crippen molar-refractivity contribution >= 4 is 22.9 Å². The maximum Gasteiger partial charge on any atom is 0.0677 e. The highest BCUT2D eigenvalue weighted by Crippen LogP contribution is 2.29. The van der Waals surface area contributed by atoms with E-state index in [0.717, 1.165) is 9.90 Å². The molecule has 1 aromatic rings. The molecule has 0 radical (unpaired) electrons. The van der Waals surface area contributed by atoms with E-state index >= 15 is 0 Å². The zero-order chi connectivity index (χ0) is 11.5. The first-order valence-corrected chi connectivity index (χ1v) is 6.24. The number of rotatable bonds is 4. The first-order chi connectivity index (χ1) is 6.94. The van der Waals surface area contributed by atoms with Crippen molar-refractivity contribution in [1.29, 1.82) is 0 Å². The van der Waals surface area contributed by atoms with Crippen molar-refractivity contribution in [2.45, 2.75) is 32.4 Å². The molecule has 0 aliphatic heterocycles. The Kier molecular flexibility index (Phi) is 4.59. The van der Waals surface area contributed by atoms with Gasteiger partial charge in [-0.3, -0.25) is 0 Å². The Morgan fingerprint density at radius 3 is 2.60 bits per heavy atom. The molecule has 86 valence electrons. The van der Waals surface area contributed by atoms with Gasteiger partial charge < -0.3 is 10.1 Å². The minimum absolute atomic E-state index is 0.112. The van der Waals surface area contributed by atoms with Crippen molar-refractivity contribution < 1.29 is 4.74 Å². The van der Waals surface area contributed by atoms with Crippen LogP contribution >= 0.6 is 22.9 Å². The Morgan fingerprint density at radius 2 is 2.20 bits per heavy atom. The van der Waals surface area contributed by atoms with Gasteiger partial charge >= 0.3 is 0 Å². The van der Waals surface area contributed by atoms with Crippen molar-refractivity contribution in [2.24, 2.45) is 0 Å². The predicted molar refractivity (Wildman–Crippen MR) is 66.8 cm³/mol. The molecular formula is C11H18ClNOS. The highest BCUT2D eigenvalue weighted by Gasteiger charge is 2.18. The first kappa shape index (κ1) is 13.0. The van der Waals surface area contributed by atoms with E-state index in [0.29, 0.717) is 6.61 Å². The second-order valence-corrected chi connectivity index (χ2v) is 5.75. The first-order valence-electron chi connectivity index (χ1n) is 4.98. The van der Waals surface area contributed by atoms with Gasteiger partial charge in [-0.2, -0.15) is 0 Å². The van der Waals surface area contributed by atoms with Crippen LogP contribution in [-0.4, -0.2) is 19.3 Å². The molecule has 1 unspecified atom stereocenters. The van der Waals surface area contributed by atoms with E-state index in [1.807, 2.05) is 18.5 Å². The van der Waals surface area contributed by atoms with E-state index < -0.39 is 0 Å². The maximum atomic E-state index is 6.08. The molecule has 1 N–H and O–H groups in total. The molecule has 0 amide bonds. The largest absolute Gasteiger partial charge is 0.374 e. The Bertz CT molecular complexity index is 306. The molecule has 1 atom stereocenters. The molecule has 0 aliphatic carbocycles. The third-order valence-electron chi connectivity index (χ3n) is 1.99. The monoisotopic (exact) mass is 247 g/mol. The van der Waals surface area contributed by atoms with Gasteiger partial charge in [0.05, 0.1) is 23.3 Å². The van der Waals surface area contributed by atoms with Gasteiger partial charge in [-0.25, -0.2) is 0 Å². The summed E-state index contributed by atoms with van der Waals surface area (Å²) in [5.41, 5.74) is -0.112. The van der Waals surface area contributed by atoms with Crippen molar-refractivity contribution in [3.05, 3.63) is 21.3 Å². The summed E-state index contributed by atoms with van der Waals surface area (Å²) in [6, 6.07) is 2.10. The van der Waals surface area contributed by atoms with Gasteiger partial charge in [-0.05, 0) is 39.3 Å². The van der Waals surface area contributed by atoms with E-state index in [1.54, 1.807) is 11.3 Å². The number of halogens is 1. The summed E-state index contributed by atoms with van der Waals surface area (Å²) in [7, 11) is 1.92. The lowest BCUT2D eigenvalue weighted by molar-refractivity contribution is -0.0135. The minimum Gasteiger partial charge on any atom is -0.374 e. The van der Waals surface area contributed by atoms with Gasteiger partial charge in [0.2, 0.25) is 0 Å². The van der Waals surface area contributed by atoms with E-state index in [-0.39, 0.29) is 11.6 Å². The van der Waals surface area contributed by atoms with Crippen LogP contribution in [0.3, 0.4) is 0 Å². The van der Waals surface area contributed by atoms with Crippen LogP contribution in [0.25, 0.3) is 0 Å². The standard InChI is InChI=1S/C11H18ClNOS/c1-11(2,3)14-7-9(13-4)10-8(12)5-6-15-10/h5-6,9,13H,7H2,1-4H3. The molecule has 0 aromatic carbocycles. The second kappa shape index (κ2) is 5.30. The van der Waals surface area contributed by atoms with Crippen molar-refractivity contribution in [3.8, 4) is 0 Å². The van der Waals surface area contributed by atoms with Gasteiger partial charge in [0.1, 0.15) is 0 Å². The van der Waals surface area contributed by atoms with Crippen LogP contribution in [0, 0.1) is 0 Å². The van der Waals surface area contributed by atoms with Crippen molar-refractivity contribution in [1.82, 2.24) is 5.32 Å². The summed E-state index contributed by atoms with van der Waals surface area (Å²) in [5, 5.41) is 6.03. The fraction of sp³-hybridized carbons (Fsp3) is 0.636. The van der Waals surface area contributed by atoms with E-state index in [1.165, 1.54) is 0 Å². The molecular weight excluding hydrogens is 230 g/mol. The molecule has 1 rings (SSSR count). The SMILES string of the molecule is CNC(COC(C)(C)C)c1sccc1Cl. The number of thiophene rings is 1. The molecule has 1 heterocycles. The van der Waals surface area contributed by atoms with Gasteiger partial charge in [0.25, 0.3) is 0 Å². The molecule has 2 nitrogen and oxygen atoms in total. The van der Waals surface area contributed by atoms with E-state index in [9.17, 15) is 0 Å². The topological polar surface area (TPSA) is 21.3 Å². The van der Waals surface area contributed by atoms with E-state index in [2.05, 4.69) is 26.1 Å². The number of ether oxygens (including phenoxy) is 1. The lowest BCUT2D eigenvalue weighted by atomic mass is 10.2. The summed E-state index contributed by atoms with van der Waals surface area (Å²) in [5.74, 6) is 0. The fourth-order valence-electron chi connectivity index (χ4n) is 1.18. The van der Waals surface area contributed by atoms with Gasteiger partial charge in [-0.15, -0.1) is 11.3 Å². The highest BCUT2D eigenvalue weighted by atomic mass is 35.5. The lowest BCUT2D eigenvalue weighted by Crippen LogP contribution is -2.28. The smallest absolute Gasteiger partial charge is 0.0677 e. The van der Waals surface area contributed by atoms with Gasteiger partial charge in [-0.1, -0.05) is 11.6 Å². The van der Waals surface area contributed by atoms with Crippen LogP contribution in [0.1, 0.15) is 31.7 Å². The number of hydrogen-bond acceptors (Lipinski definition) is 3. The summed E-state index contributed by atoms with van der Waals surface area (Å²) < 4.78 is 5.75. The zero-order valence-electron chi connectivity index (χ0n) is 9.63. The van der Waals surface area contributed by atoms with Crippen LogP contribution in [0.15, 0.2) is 11.4 Å². The fourth-order valence-corrected chi connectivity index (χ4v) is 2.46. The van der Waals surface area contributed by atoms with Crippen LogP contribution in [0.4, 0.5) is 0 Å². The third-order valence-corrected chi connectivity index (χ3v) is 3.46.